The summed E-state index contributed by atoms with van der Waals surface area (Å²) in [4.78, 5) is 35.9. The molecule has 0 aliphatic carbocycles. The number of nitrogens with zero attached hydrogens (tertiary/aromatic N) is 4. The lowest BCUT2D eigenvalue weighted by Crippen LogP contribution is -2.36. The number of amides is 1. The molecular weight excluding hydrogens is 316 g/mol. The van der Waals surface area contributed by atoms with E-state index in [1.807, 2.05) is 29.2 Å². The number of aromatic nitrogens is 3. The van der Waals surface area contributed by atoms with Gasteiger partial charge in [-0.05, 0) is 37.1 Å². The molecule has 1 aliphatic rings. The second-order valence-electron chi connectivity index (χ2n) is 6.19. The standard InChI is InChI=1S/C19H18N4O2/c24-18(23-11-5-9-17(23)16-8-3-4-10-20-16)12-22-13-21-15-7-2-1-6-14(15)19(22)25/h1-4,6-8,10,13,17H,5,9,11-12H2. The van der Waals surface area contributed by atoms with Crippen LogP contribution in [0.1, 0.15) is 24.6 Å². The van der Waals surface area contributed by atoms with Crippen molar-refractivity contribution < 1.29 is 4.79 Å². The maximum Gasteiger partial charge on any atom is 0.261 e. The van der Waals surface area contributed by atoms with Crippen molar-refractivity contribution in [2.75, 3.05) is 6.54 Å². The Balaban J connectivity index is 1.60. The average molecular weight is 334 g/mol. The Morgan fingerprint density at radius 3 is 2.80 bits per heavy atom. The molecule has 3 aromatic rings. The number of fused-ring (bicyclic) bond motifs is 1. The van der Waals surface area contributed by atoms with E-state index in [-0.39, 0.29) is 24.1 Å². The van der Waals surface area contributed by atoms with E-state index in [4.69, 9.17) is 0 Å². The van der Waals surface area contributed by atoms with Crippen molar-refractivity contribution >= 4 is 16.8 Å². The van der Waals surface area contributed by atoms with Gasteiger partial charge in [-0.2, -0.15) is 0 Å². The highest BCUT2D eigenvalue weighted by Gasteiger charge is 2.30. The summed E-state index contributed by atoms with van der Waals surface area (Å²) < 4.78 is 1.39. The number of likely N-dealkylation sites (tertiary alicyclic amines) is 1. The molecule has 126 valence electrons. The number of hydrogen-bond acceptors (Lipinski definition) is 4. The summed E-state index contributed by atoms with van der Waals surface area (Å²) in [5, 5.41) is 0.528. The van der Waals surface area contributed by atoms with Crippen LogP contribution >= 0.6 is 0 Å². The topological polar surface area (TPSA) is 68.1 Å². The van der Waals surface area contributed by atoms with Gasteiger partial charge in [0.25, 0.3) is 5.56 Å². The summed E-state index contributed by atoms with van der Waals surface area (Å²) in [5.74, 6) is -0.0765. The first-order valence-corrected chi connectivity index (χ1v) is 8.38. The first-order chi connectivity index (χ1) is 12.2. The van der Waals surface area contributed by atoms with Gasteiger partial charge in [0, 0.05) is 12.7 Å². The number of pyridine rings is 1. The summed E-state index contributed by atoms with van der Waals surface area (Å²) in [7, 11) is 0. The SMILES string of the molecule is O=C(Cn1cnc2ccccc2c1=O)N1CCCC1c1ccccn1. The van der Waals surface area contributed by atoms with Crippen LogP contribution in [0.25, 0.3) is 10.9 Å². The van der Waals surface area contributed by atoms with Gasteiger partial charge >= 0.3 is 0 Å². The third-order valence-electron chi connectivity index (χ3n) is 4.64. The zero-order chi connectivity index (χ0) is 17.2. The second kappa shape index (κ2) is 6.47. The Bertz CT molecular complexity index is 968. The van der Waals surface area contributed by atoms with Crippen LogP contribution in [0.2, 0.25) is 0 Å². The first kappa shape index (κ1) is 15.5. The maximum absolute atomic E-state index is 12.8. The molecule has 2 aromatic heterocycles. The lowest BCUT2D eigenvalue weighted by Gasteiger charge is -2.24. The first-order valence-electron chi connectivity index (χ1n) is 8.38. The molecule has 0 radical (unpaired) electrons. The van der Waals surface area contributed by atoms with Crippen molar-refractivity contribution in [2.45, 2.75) is 25.4 Å². The van der Waals surface area contributed by atoms with Gasteiger partial charge in [0.05, 0.1) is 29.0 Å². The Hall–Kier alpha value is -3.02. The number of hydrogen-bond donors (Lipinski definition) is 0. The predicted molar refractivity (Wildman–Crippen MR) is 93.9 cm³/mol. The van der Waals surface area contributed by atoms with Crippen molar-refractivity contribution in [3.8, 4) is 0 Å². The van der Waals surface area contributed by atoms with Crippen LogP contribution in [0, 0.1) is 0 Å². The molecule has 1 saturated heterocycles. The van der Waals surface area contributed by atoms with E-state index in [1.165, 1.54) is 10.9 Å². The molecule has 1 amide bonds. The Labute approximate surface area is 144 Å². The third kappa shape index (κ3) is 2.91. The van der Waals surface area contributed by atoms with Crippen molar-refractivity contribution in [3.63, 3.8) is 0 Å². The minimum absolute atomic E-state index is 0.00000118. The van der Waals surface area contributed by atoms with Gasteiger partial charge in [0.2, 0.25) is 5.91 Å². The highest BCUT2D eigenvalue weighted by Crippen LogP contribution is 2.30. The molecule has 4 rings (SSSR count). The Kier molecular flexibility index (Phi) is 4.01. The van der Waals surface area contributed by atoms with Crippen LogP contribution in [0.4, 0.5) is 0 Å². The predicted octanol–water partition coefficient (Wildman–Crippen LogP) is 2.16. The quantitative estimate of drug-likeness (QED) is 0.736. The molecule has 3 heterocycles. The highest BCUT2D eigenvalue weighted by molar-refractivity contribution is 5.79. The molecule has 1 aromatic carbocycles. The van der Waals surface area contributed by atoms with Crippen molar-refractivity contribution in [3.05, 3.63) is 71.0 Å². The average Bonchev–Trinajstić information content (AvgIpc) is 3.15. The molecule has 6 heteroatoms. The molecule has 0 bridgehead atoms. The number of carbonyl (C=O) groups is 1. The van der Waals surface area contributed by atoms with Gasteiger partial charge in [0.15, 0.2) is 0 Å². The summed E-state index contributed by atoms with van der Waals surface area (Å²) in [6.45, 7) is 0.690. The minimum atomic E-state index is -0.187. The largest absolute Gasteiger partial charge is 0.333 e. The summed E-state index contributed by atoms with van der Waals surface area (Å²) in [6, 6.07) is 12.9. The smallest absolute Gasteiger partial charge is 0.261 e. The monoisotopic (exact) mass is 334 g/mol. The Morgan fingerprint density at radius 2 is 1.96 bits per heavy atom. The van der Waals surface area contributed by atoms with Gasteiger partial charge in [-0.3, -0.25) is 19.1 Å². The molecule has 25 heavy (non-hydrogen) atoms. The van der Waals surface area contributed by atoms with Crippen LogP contribution in [0.3, 0.4) is 0 Å². The minimum Gasteiger partial charge on any atom is -0.333 e. The van der Waals surface area contributed by atoms with Gasteiger partial charge < -0.3 is 4.90 Å². The lowest BCUT2D eigenvalue weighted by molar-refractivity contribution is -0.132. The van der Waals surface area contributed by atoms with Gasteiger partial charge in [-0.1, -0.05) is 18.2 Å². The fourth-order valence-electron chi connectivity index (χ4n) is 3.40. The summed E-state index contributed by atoms with van der Waals surface area (Å²) >= 11 is 0. The zero-order valence-electron chi connectivity index (χ0n) is 13.7. The second-order valence-corrected chi connectivity index (χ2v) is 6.19. The number of benzene rings is 1. The fourth-order valence-corrected chi connectivity index (χ4v) is 3.40. The summed E-state index contributed by atoms with van der Waals surface area (Å²) in [6.07, 6.45) is 5.04. The normalized spacial score (nSPS) is 17.1. The van der Waals surface area contributed by atoms with Crippen molar-refractivity contribution in [1.29, 1.82) is 0 Å². The third-order valence-corrected chi connectivity index (χ3v) is 4.64. The van der Waals surface area contributed by atoms with Crippen LogP contribution in [-0.4, -0.2) is 31.9 Å². The van der Waals surface area contributed by atoms with E-state index in [0.717, 1.165) is 18.5 Å². The van der Waals surface area contributed by atoms with Crippen LogP contribution in [0.15, 0.2) is 59.8 Å². The molecular formula is C19H18N4O2. The van der Waals surface area contributed by atoms with E-state index in [9.17, 15) is 9.59 Å². The van der Waals surface area contributed by atoms with Gasteiger partial charge in [0.1, 0.15) is 6.54 Å². The van der Waals surface area contributed by atoms with E-state index in [0.29, 0.717) is 17.4 Å². The lowest BCUT2D eigenvalue weighted by atomic mass is 10.1. The van der Waals surface area contributed by atoms with Crippen LogP contribution in [-0.2, 0) is 11.3 Å². The number of carbonyl (C=O) groups excluding carboxylic acids is 1. The number of para-hydroxylation sites is 1. The van der Waals surface area contributed by atoms with Crippen LogP contribution in [0.5, 0.6) is 0 Å². The molecule has 1 aliphatic heterocycles. The molecule has 0 saturated carbocycles. The van der Waals surface area contributed by atoms with Crippen molar-refractivity contribution in [1.82, 2.24) is 19.4 Å². The molecule has 6 nitrogen and oxygen atoms in total. The molecule has 1 unspecified atom stereocenters. The van der Waals surface area contributed by atoms with E-state index in [1.54, 1.807) is 24.4 Å². The van der Waals surface area contributed by atoms with Crippen LogP contribution < -0.4 is 5.56 Å². The van der Waals surface area contributed by atoms with E-state index >= 15 is 0 Å². The zero-order valence-corrected chi connectivity index (χ0v) is 13.7. The molecule has 0 N–H and O–H groups in total. The fraction of sp³-hybridized carbons (Fsp3) is 0.263. The van der Waals surface area contributed by atoms with Gasteiger partial charge in [-0.25, -0.2) is 4.98 Å². The van der Waals surface area contributed by atoms with Gasteiger partial charge in [-0.15, -0.1) is 0 Å². The van der Waals surface area contributed by atoms with E-state index in [2.05, 4.69) is 9.97 Å². The highest BCUT2D eigenvalue weighted by atomic mass is 16.2. The summed E-state index contributed by atoms with van der Waals surface area (Å²) in [5.41, 5.74) is 1.36. The number of rotatable bonds is 3. The van der Waals surface area contributed by atoms with Crippen molar-refractivity contribution in [2.24, 2.45) is 0 Å². The molecule has 1 atom stereocenters. The van der Waals surface area contributed by atoms with E-state index < -0.39 is 0 Å². The molecule has 1 fully saturated rings. The maximum atomic E-state index is 12.8. The molecule has 0 spiro atoms. The Morgan fingerprint density at radius 1 is 1.12 bits per heavy atom.